The first-order valence-corrected chi connectivity index (χ1v) is 12.6. The Morgan fingerprint density at radius 2 is 1.89 bits per heavy atom. The van der Waals surface area contributed by atoms with Crippen molar-refractivity contribution in [1.29, 1.82) is 10.8 Å². The van der Waals surface area contributed by atoms with Gasteiger partial charge in [0, 0.05) is 68.2 Å². The Morgan fingerprint density at radius 1 is 1.17 bits per heavy atom. The number of benzene rings is 1. The van der Waals surface area contributed by atoms with Crippen LogP contribution >= 0.6 is 0 Å². The third-order valence-electron chi connectivity index (χ3n) is 6.83. The van der Waals surface area contributed by atoms with Gasteiger partial charge in [-0.3, -0.25) is 14.3 Å². The summed E-state index contributed by atoms with van der Waals surface area (Å²) < 4.78 is 1.61. The van der Waals surface area contributed by atoms with Gasteiger partial charge in [0.15, 0.2) is 0 Å². The minimum absolute atomic E-state index is 0.0834. The first-order valence-electron chi connectivity index (χ1n) is 12.6. The van der Waals surface area contributed by atoms with E-state index in [1.807, 2.05) is 31.2 Å². The molecular weight excluding hydrogens is 450 g/mol. The van der Waals surface area contributed by atoms with Gasteiger partial charge in [-0.1, -0.05) is 44.5 Å². The van der Waals surface area contributed by atoms with Crippen LogP contribution in [0.5, 0.6) is 0 Å². The lowest BCUT2D eigenvalue weighted by molar-refractivity contribution is 0.462. The third kappa shape index (κ3) is 5.76. The van der Waals surface area contributed by atoms with Gasteiger partial charge in [-0.15, -0.1) is 0 Å². The SMILES string of the molecule is CCCC(=N)[C@@H](C)CC(=N)c1ccc([C@H]2CN(c3nc(-c4ccncc4)cc(=O)n3C)CCN2)cc1. The number of nitrogens with one attached hydrogen (secondary N) is 3. The van der Waals surface area contributed by atoms with E-state index in [1.165, 1.54) is 0 Å². The Morgan fingerprint density at radius 3 is 2.58 bits per heavy atom. The van der Waals surface area contributed by atoms with E-state index >= 15 is 0 Å². The Hall–Kier alpha value is -3.65. The van der Waals surface area contributed by atoms with Gasteiger partial charge in [0.2, 0.25) is 5.95 Å². The van der Waals surface area contributed by atoms with Gasteiger partial charge in [0.05, 0.1) is 5.69 Å². The van der Waals surface area contributed by atoms with Crippen LogP contribution in [0.2, 0.25) is 0 Å². The Labute approximate surface area is 212 Å². The topological polar surface area (TPSA) is 111 Å². The predicted molar refractivity (Wildman–Crippen MR) is 145 cm³/mol. The fourth-order valence-corrected chi connectivity index (χ4v) is 4.62. The van der Waals surface area contributed by atoms with Crippen LogP contribution in [0.25, 0.3) is 11.3 Å². The second-order valence-electron chi connectivity index (χ2n) is 9.51. The molecule has 0 bridgehead atoms. The molecule has 4 rings (SSSR count). The van der Waals surface area contributed by atoms with Crippen molar-refractivity contribution in [3.05, 3.63) is 76.3 Å². The highest BCUT2D eigenvalue weighted by molar-refractivity contribution is 6.01. The third-order valence-corrected chi connectivity index (χ3v) is 6.83. The number of pyridine rings is 1. The normalized spacial score (nSPS) is 16.5. The molecule has 2 atom stereocenters. The Kier molecular flexibility index (Phi) is 8.05. The molecule has 1 aliphatic rings. The van der Waals surface area contributed by atoms with Crippen molar-refractivity contribution in [1.82, 2.24) is 19.9 Å². The van der Waals surface area contributed by atoms with Gasteiger partial charge in [0.1, 0.15) is 0 Å². The molecule has 0 saturated carbocycles. The van der Waals surface area contributed by atoms with E-state index in [0.29, 0.717) is 30.3 Å². The second kappa shape index (κ2) is 11.4. The van der Waals surface area contributed by atoms with Gasteiger partial charge >= 0.3 is 0 Å². The summed E-state index contributed by atoms with van der Waals surface area (Å²) >= 11 is 0. The molecule has 0 unspecified atom stereocenters. The average molecular weight is 486 g/mol. The van der Waals surface area contributed by atoms with E-state index in [0.717, 1.165) is 48.3 Å². The van der Waals surface area contributed by atoms with Crippen LogP contribution in [0.4, 0.5) is 5.95 Å². The van der Waals surface area contributed by atoms with Crippen LogP contribution in [0.15, 0.2) is 59.7 Å². The lowest BCUT2D eigenvalue weighted by Gasteiger charge is -2.35. The molecule has 1 aromatic carbocycles. The summed E-state index contributed by atoms with van der Waals surface area (Å²) in [5.74, 6) is 0.746. The number of piperazine rings is 1. The van der Waals surface area contributed by atoms with E-state index in [2.05, 4.69) is 34.3 Å². The lowest BCUT2D eigenvalue weighted by Crippen LogP contribution is -2.47. The molecule has 0 radical (unpaired) electrons. The van der Waals surface area contributed by atoms with Gasteiger partial charge in [-0.25, -0.2) is 4.98 Å². The van der Waals surface area contributed by atoms with Crippen LogP contribution in [0, 0.1) is 16.7 Å². The van der Waals surface area contributed by atoms with Crippen molar-refractivity contribution in [2.45, 2.75) is 39.2 Å². The molecule has 3 heterocycles. The van der Waals surface area contributed by atoms with Crippen LogP contribution in [-0.2, 0) is 7.05 Å². The lowest BCUT2D eigenvalue weighted by atomic mass is 9.92. The largest absolute Gasteiger partial charge is 0.339 e. The van der Waals surface area contributed by atoms with Crippen LogP contribution in [0.3, 0.4) is 0 Å². The van der Waals surface area contributed by atoms with E-state index in [4.69, 9.17) is 15.8 Å². The van der Waals surface area contributed by atoms with E-state index in [-0.39, 0.29) is 17.5 Å². The maximum atomic E-state index is 12.7. The number of rotatable bonds is 9. The number of anilines is 1. The minimum Gasteiger partial charge on any atom is -0.339 e. The molecule has 3 aromatic rings. The molecule has 188 valence electrons. The van der Waals surface area contributed by atoms with Gasteiger partial charge in [-0.05, 0) is 42.0 Å². The standard InChI is InChI=1S/C28H35N7O/c1-4-5-23(29)19(2)16-24(30)20-6-8-21(9-7-20)26-18-35(15-14-32-26)28-33-25(17-27(36)34(28)3)22-10-12-31-13-11-22/h6-13,17,19,26,29-30,32H,4-5,14-16,18H2,1-3H3/t19-,26+/m0/s1. The molecular formula is C28H35N7O. The molecule has 3 N–H and O–H groups in total. The summed E-state index contributed by atoms with van der Waals surface area (Å²) in [6, 6.07) is 13.5. The van der Waals surface area contributed by atoms with Crippen molar-refractivity contribution >= 4 is 17.4 Å². The number of hydrogen-bond acceptors (Lipinski definition) is 7. The first kappa shape index (κ1) is 25.4. The second-order valence-corrected chi connectivity index (χ2v) is 9.51. The molecule has 1 aliphatic heterocycles. The van der Waals surface area contributed by atoms with Crippen molar-refractivity contribution in [2.75, 3.05) is 24.5 Å². The Bertz CT molecular complexity index is 1270. The maximum Gasteiger partial charge on any atom is 0.255 e. The summed E-state index contributed by atoms with van der Waals surface area (Å²) in [4.78, 5) is 23.8. The molecule has 8 heteroatoms. The number of hydrogen-bond donors (Lipinski definition) is 3. The molecule has 2 aromatic heterocycles. The quantitative estimate of drug-likeness (QED) is 0.393. The highest BCUT2D eigenvalue weighted by Crippen LogP contribution is 2.24. The summed E-state index contributed by atoms with van der Waals surface area (Å²) in [6.07, 6.45) is 5.75. The minimum atomic E-state index is -0.0917. The summed E-state index contributed by atoms with van der Waals surface area (Å²) in [5, 5.41) is 20.3. The molecule has 1 saturated heterocycles. The van der Waals surface area contributed by atoms with E-state index in [1.54, 1.807) is 30.1 Å². The van der Waals surface area contributed by atoms with Crippen LogP contribution < -0.4 is 15.8 Å². The van der Waals surface area contributed by atoms with Crippen LogP contribution in [0.1, 0.15) is 50.3 Å². The van der Waals surface area contributed by atoms with Crippen molar-refractivity contribution in [3.8, 4) is 11.3 Å². The van der Waals surface area contributed by atoms with Gasteiger partial charge < -0.3 is 21.0 Å². The zero-order valence-electron chi connectivity index (χ0n) is 21.3. The number of aromatic nitrogens is 3. The van der Waals surface area contributed by atoms with Gasteiger partial charge in [-0.2, -0.15) is 0 Å². The molecule has 8 nitrogen and oxygen atoms in total. The molecule has 0 amide bonds. The predicted octanol–water partition coefficient (Wildman–Crippen LogP) is 4.21. The summed E-state index contributed by atoms with van der Waals surface area (Å²) in [5.41, 5.74) is 4.75. The summed E-state index contributed by atoms with van der Waals surface area (Å²) in [6.45, 7) is 6.32. The monoisotopic (exact) mass is 485 g/mol. The first-order chi connectivity index (χ1) is 17.4. The average Bonchev–Trinajstić information content (AvgIpc) is 2.91. The molecule has 0 aliphatic carbocycles. The molecule has 0 spiro atoms. The smallest absolute Gasteiger partial charge is 0.255 e. The maximum absolute atomic E-state index is 12.7. The zero-order chi connectivity index (χ0) is 25.7. The fourth-order valence-electron chi connectivity index (χ4n) is 4.62. The molecule has 1 fully saturated rings. The number of nitrogens with zero attached hydrogens (tertiary/aromatic N) is 4. The fraction of sp³-hybridized carbons (Fsp3) is 0.393. The summed E-state index contributed by atoms with van der Waals surface area (Å²) in [7, 11) is 1.76. The van der Waals surface area contributed by atoms with Gasteiger partial charge in [0.25, 0.3) is 5.56 Å². The van der Waals surface area contributed by atoms with E-state index < -0.39 is 0 Å². The van der Waals surface area contributed by atoms with Crippen LogP contribution in [-0.4, -0.2) is 45.6 Å². The van der Waals surface area contributed by atoms with Crippen molar-refractivity contribution < 1.29 is 0 Å². The molecule has 36 heavy (non-hydrogen) atoms. The Balaban J connectivity index is 1.49. The highest BCUT2D eigenvalue weighted by atomic mass is 16.1. The zero-order valence-corrected chi connectivity index (χ0v) is 21.3. The van der Waals surface area contributed by atoms with E-state index in [9.17, 15) is 4.79 Å². The van der Waals surface area contributed by atoms with Crippen molar-refractivity contribution in [3.63, 3.8) is 0 Å². The highest BCUT2D eigenvalue weighted by Gasteiger charge is 2.24. The van der Waals surface area contributed by atoms with Crippen molar-refractivity contribution in [2.24, 2.45) is 13.0 Å².